The maximum Gasteiger partial charge on any atom is 0.325 e. The summed E-state index contributed by atoms with van der Waals surface area (Å²) in [6, 6.07) is 0. The van der Waals surface area contributed by atoms with Crippen LogP contribution in [0.4, 0.5) is 0 Å². The summed E-state index contributed by atoms with van der Waals surface area (Å²) in [7, 11) is -2.73. The average molecular weight is 123 g/mol. The zero-order chi connectivity index (χ0) is 5.70. The monoisotopic (exact) mass is 123 g/mol. The molecular formula is CH3N2O3S. The fraction of sp³-hybridized carbons (Fsp3) is 0. The van der Waals surface area contributed by atoms with Crippen molar-refractivity contribution < 1.29 is 13.2 Å². The van der Waals surface area contributed by atoms with Gasteiger partial charge in [0.15, 0.2) is 0 Å². The minimum atomic E-state index is -2.73. The lowest BCUT2D eigenvalue weighted by Gasteiger charge is -1.82. The number of amides is 1. The topological polar surface area (TPSA) is 75.3 Å². The van der Waals surface area contributed by atoms with Gasteiger partial charge in [-0.15, -0.1) is 4.83 Å². The van der Waals surface area contributed by atoms with E-state index in [4.69, 9.17) is 4.79 Å². The summed E-state index contributed by atoms with van der Waals surface area (Å²) >= 11 is 0. The van der Waals surface area contributed by atoms with Gasteiger partial charge in [-0.1, -0.05) is 0 Å². The lowest BCUT2D eigenvalue weighted by molar-refractivity contribution is 0.535. The molecule has 1 radical (unpaired) electrons. The summed E-state index contributed by atoms with van der Waals surface area (Å²) < 4.78 is 18.9. The minimum absolute atomic E-state index is 1.10. The SMILES string of the molecule is O=[C]NN[SH](=O)=O. The molecule has 6 heteroatoms. The van der Waals surface area contributed by atoms with Gasteiger partial charge < -0.3 is 0 Å². The minimum Gasteiger partial charge on any atom is -0.270 e. The van der Waals surface area contributed by atoms with Crippen molar-refractivity contribution in [1.82, 2.24) is 10.3 Å². The largest absolute Gasteiger partial charge is 0.325 e. The molecule has 5 nitrogen and oxygen atoms in total. The number of hydrogen-bond donors (Lipinski definition) is 3. The molecule has 0 aliphatic carbocycles. The van der Waals surface area contributed by atoms with E-state index in [1.54, 1.807) is 10.3 Å². The Kier molecular flexibility index (Phi) is 3.25. The Morgan fingerprint density at radius 1 is 1.43 bits per heavy atom. The van der Waals surface area contributed by atoms with Gasteiger partial charge in [-0.05, 0) is 0 Å². The lowest BCUT2D eigenvalue weighted by atomic mass is 11.4. The molecule has 0 heterocycles. The van der Waals surface area contributed by atoms with E-state index in [0.29, 0.717) is 0 Å². The maximum absolute atomic E-state index is 9.44. The smallest absolute Gasteiger partial charge is 0.270 e. The quantitative estimate of drug-likeness (QED) is 0.224. The Morgan fingerprint density at radius 3 is 2.14 bits per heavy atom. The molecule has 0 saturated carbocycles. The molecular weight excluding hydrogens is 120 g/mol. The molecule has 0 aliphatic heterocycles. The average Bonchev–Trinajstić information content (AvgIpc) is 1.61. The third kappa shape index (κ3) is 5.38. The van der Waals surface area contributed by atoms with E-state index in [1.807, 2.05) is 0 Å². The molecule has 0 aromatic carbocycles. The van der Waals surface area contributed by atoms with Gasteiger partial charge in [0.1, 0.15) is 0 Å². The highest BCUT2D eigenvalue weighted by molar-refractivity contribution is 7.70. The van der Waals surface area contributed by atoms with Crippen LogP contribution in [0.3, 0.4) is 0 Å². The van der Waals surface area contributed by atoms with E-state index in [2.05, 4.69) is 0 Å². The lowest BCUT2D eigenvalue weighted by Crippen LogP contribution is -2.28. The molecule has 0 spiro atoms. The summed E-state index contributed by atoms with van der Waals surface area (Å²) in [5.74, 6) is 0. The third-order valence-corrected chi connectivity index (χ3v) is 0.493. The second kappa shape index (κ2) is 3.57. The van der Waals surface area contributed by atoms with Crippen LogP contribution in [0.2, 0.25) is 0 Å². The van der Waals surface area contributed by atoms with Crippen LogP contribution in [-0.2, 0) is 15.7 Å². The summed E-state index contributed by atoms with van der Waals surface area (Å²) in [5, 5.41) is 0. The van der Waals surface area contributed by atoms with Crippen LogP contribution in [-0.4, -0.2) is 14.8 Å². The Balaban J connectivity index is 3.14. The molecule has 0 bridgehead atoms. The van der Waals surface area contributed by atoms with Crippen molar-refractivity contribution in [3.8, 4) is 0 Å². The van der Waals surface area contributed by atoms with Crippen LogP contribution in [0.1, 0.15) is 0 Å². The van der Waals surface area contributed by atoms with Gasteiger partial charge >= 0.3 is 6.41 Å². The normalized spacial score (nSPS) is 8.71. The first-order chi connectivity index (χ1) is 3.27. The molecule has 0 aliphatic rings. The van der Waals surface area contributed by atoms with Gasteiger partial charge in [0.25, 0.3) is 0 Å². The molecule has 0 saturated heterocycles. The van der Waals surface area contributed by atoms with Gasteiger partial charge in [0, 0.05) is 0 Å². The van der Waals surface area contributed by atoms with Crippen molar-refractivity contribution in [2.75, 3.05) is 0 Å². The summed E-state index contributed by atoms with van der Waals surface area (Å²) in [6.07, 6.45) is 1.10. The first-order valence-electron chi connectivity index (χ1n) is 1.29. The number of nitrogens with one attached hydrogen (secondary N) is 2. The van der Waals surface area contributed by atoms with Crippen molar-refractivity contribution in [3.05, 3.63) is 0 Å². The van der Waals surface area contributed by atoms with E-state index in [1.165, 1.54) is 0 Å². The Hall–Kier alpha value is -0.620. The van der Waals surface area contributed by atoms with Crippen molar-refractivity contribution in [2.24, 2.45) is 0 Å². The molecule has 1 amide bonds. The highest BCUT2D eigenvalue weighted by Crippen LogP contribution is 1.36. The van der Waals surface area contributed by atoms with Crippen LogP contribution in [0.15, 0.2) is 0 Å². The third-order valence-electron chi connectivity index (χ3n) is 0.198. The van der Waals surface area contributed by atoms with Crippen molar-refractivity contribution in [3.63, 3.8) is 0 Å². The second-order valence-electron chi connectivity index (χ2n) is 0.596. The van der Waals surface area contributed by atoms with E-state index in [0.717, 1.165) is 6.41 Å². The molecule has 0 aromatic heterocycles. The van der Waals surface area contributed by atoms with Crippen LogP contribution < -0.4 is 10.3 Å². The number of hydrogen-bond acceptors (Lipinski definition) is 3. The highest BCUT2D eigenvalue weighted by atomic mass is 32.2. The Bertz CT molecular complexity index is 110. The zero-order valence-electron chi connectivity index (χ0n) is 3.17. The number of carbonyl (C=O) groups excluding carboxylic acids is 1. The molecule has 0 fully saturated rings. The summed E-state index contributed by atoms with van der Waals surface area (Å²) in [5.41, 5.74) is 1.60. The van der Waals surface area contributed by atoms with Crippen LogP contribution in [0.5, 0.6) is 0 Å². The van der Waals surface area contributed by atoms with Crippen LogP contribution in [0.25, 0.3) is 0 Å². The molecule has 41 valence electrons. The number of hydrazine groups is 1. The second-order valence-corrected chi connectivity index (χ2v) is 1.33. The molecule has 0 rings (SSSR count). The fourth-order valence-electron chi connectivity index (χ4n) is 0.0685. The van der Waals surface area contributed by atoms with E-state index in [-0.39, 0.29) is 0 Å². The first-order valence-corrected chi connectivity index (χ1v) is 2.47. The Labute approximate surface area is 41.8 Å². The standard InChI is InChI=1S/CH3N2O3S/c4-1-2-3-7(5)6/h7H,(H,2,4)(H,3,5,6). The first kappa shape index (κ1) is 6.38. The van der Waals surface area contributed by atoms with Crippen LogP contribution >= 0.6 is 0 Å². The molecule has 7 heavy (non-hydrogen) atoms. The van der Waals surface area contributed by atoms with E-state index >= 15 is 0 Å². The van der Waals surface area contributed by atoms with Crippen LogP contribution in [0, 0.1) is 0 Å². The van der Waals surface area contributed by atoms with Gasteiger partial charge in [-0.25, -0.2) is 8.42 Å². The van der Waals surface area contributed by atoms with Gasteiger partial charge in [0.2, 0.25) is 10.9 Å². The van der Waals surface area contributed by atoms with Crippen molar-refractivity contribution in [1.29, 1.82) is 0 Å². The van der Waals surface area contributed by atoms with Crippen molar-refractivity contribution >= 4 is 17.3 Å². The van der Waals surface area contributed by atoms with E-state index in [9.17, 15) is 8.42 Å². The Morgan fingerprint density at radius 2 is 2.00 bits per heavy atom. The van der Waals surface area contributed by atoms with Crippen molar-refractivity contribution in [2.45, 2.75) is 0 Å². The van der Waals surface area contributed by atoms with Gasteiger partial charge in [-0.2, -0.15) is 0 Å². The maximum atomic E-state index is 9.44. The number of rotatable bonds is 3. The zero-order valence-corrected chi connectivity index (χ0v) is 4.07. The predicted molar refractivity (Wildman–Crippen MR) is 22.3 cm³/mol. The van der Waals surface area contributed by atoms with Gasteiger partial charge in [-0.3, -0.25) is 10.2 Å². The molecule has 0 unspecified atom stereocenters. The number of thiol groups is 1. The summed E-state index contributed by atoms with van der Waals surface area (Å²) in [4.78, 5) is 10.7. The molecule has 0 aromatic rings. The fourth-order valence-corrected chi connectivity index (χ4v) is 0.205. The molecule has 0 atom stereocenters. The highest BCUT2D eigenvalue weighted by Gasteiger charge is 1.74. The van der Waals surface area contributed by atoms with E-state index < -0.39 is 10.9 Å². The van der Waals surface area contributed by atoms with Gasteiger partial charge in [0.05, 0.1) is 0 Å². The summed E-state index contributed by atoms with van der Waals surface area (Å²) in [6.45, 7) is 0. The predicted octanol–water partition coefficient (Wildman–Crippen LogP) is -2.33. The molecule has 2 N–H and O–H groups in total.